The maximum Gasteiger partial charge on any atom is 0.243 e. The number of rotatable bonds is 5. The predicted octanol–water partition coefficient (Wildman–Crippen LogP) is 1.61. The minimum atomic E-state index is -0.0607. The van der Waals surface area contributed by atoms with Crippen molar-refractivity contribution in [3.8, 4) is 0 Å². The normalized spacial score (nSPS) is 18.4. The molecule has 150 valence electrons. The minimum Gasteiger partial charge on any atom is -0.352 e. The number of hydrogen-bond acceptors (Lipinski definition) is 3. The minimum absolute atomic E-state index is 0. The molecule has 27 heavy (non-hydrogen) atoms. The van der Waals surface area contributed by atoms with Gasteiger partial charge in [0.2, 0.25) is 11.8 Å². The van der Waals surface area contributed by atoms with Crippen LogP contribution in [0.2, 0.25) is 0 Å². The van der Waals surface area contributed by atoms with Gasteiger partial charge in [0.1, 0.15) is 6.54 Å². The summed E-state index contributed by atoms with van der Waals surface area (Å²) in [6, 6.07) is 10.2. The molecule has 0 saturated carbocycles. The Morgan fingerprint density at radius 1 is 1.33 bits per heavy atom. The number of carbonyl (C=O) groups is 2. The lowest BCUT2D eigenvalue weighted by Gasteiger charge is -2.32. The van der Waals surface area contributed by atoms with Crippen LogP contribution in [0.4, 0.5) is 0 Å². The fourth-order valence-corrected chi connectivity index (χ4v) is 2.77. The number of likely N-dealkylation sites (N-methyl/N-ethyl adjacent to an activating group) is 2. The van der Waals surface area contributed by atoms with E-state index in [9.17, 15) is 9.59 Å². The Hall–Kier alpha value is -1.84. The summed E-state index contributed by atoms with van der Waals surface area (Å²) in [5, 5.41) is 6.74. The topological polar surface area (TPSA) is 77.0 Å². The maximum atomic E-state index is 11.9. The van der Waals surface area contributed by atoms with E-state index in [1.165, 1.54) is 4.90 Å². The first-order valence-electron chi connectivity index (χ1n) is 8.93. The van der Waals surface area contributed by atoms with Gasteiger partial charge in [0.15, 0.2) is 5.96 Å². The number of hydrogen-bond donors (Lipinski definition) is 2. The molecule has 1 fully saturated rings. The van der Waals surface area contributed by atoms with Gasteiger partial charge in [0.25, 0.3) is 0 Å². The number of likely N-dealkylation sites (tertiary alicyclic amines) is 1. The van der Waals surface area contributed by atoms with Gasteiger partial charge in [0.05, 0.1) is 6.04 Å². The highest BCUT2D eigenvalue weighted by Crippen LogP contribution is 2.12. The van der Waals surface area contributed by atoms with E-state index in [-0.39, 0.29) is 54.4 Å². The summed E-state index contributed by atoms with van der Waals surface area (Å²) in [6.07, 6.45) is 1.28. The van der Waals surface area contributed by atoms with Crippen molar-refractivity contribution in [2.45, 2.75) is 31.8 Å². The standard InChI is InChI=1S/C19H29N5O2.HI/c1-14(15-8-6-5-7-9-15)21-19(20-12-18(26)23(2)3)22-16-10-11-17(25)24(4)13-16;/h5-9,14,16H,10-13H2,1-4H3,(H2,20,21,22);1H. The Labute approximate surface area is 178 Å². The van der Waals surface area contributed by atoms with Crippen molar-refractivity contribution in [2.75, 3.05) is 34.2 Å². The lowest BCUT2D eigenvalue weighted by Crippen LogP contribution is -2.52. The molecule has 2 rings (SSSR count). The number of halogens is 1. The van der Waals surface area contributed by atoms with E-state index in [0.29, 0.717) is 18.9 Å². The Morgan fingerprint density at radius 2 is 2.00 bits per heavy atom. The van der Waals surface area contributed by atoms with Gasteiger partial charge in [0, 0.05) is 40.2 Å². The van der Waals surface area contributed by atoms with E-state index < -0.39 is 0 Å². The number of benzene rings is 1. The van der Waals surface area contributed by atoms with Crippen LogP contribution in [-0.4, -0.2) is 67.8 Å². The second-order valence-electron chi connectivity index (χ2n) is 6.88. The molecule has 2 unspecified atom stereocenters. The average molecular weight is 487 g/mol. The van der Waals surface area contributed by atoms with Crippen LogP contribution in [0.1, 0.15) is 31.4 Å². The molecule has 0 radical (unpaired) electrons. The average Bonchev–Trinajstić information content (AvgIpc) is 2.63. The zero-order valence-electron chi connectivity index (χ0n) is 16.4. The number of amides is 2. The third kappa shape index (κ3) is 7.36. The second kappa shape index (κ2) is 11.1. The van der Waals surface area contributed by atoms with Crippen molar-refractivity contribution in [3.63, 3.8) is 0 Å². The van der Waals surface area contributed by atoms with Crippen LogP contribution in [0.25, 0.3) is 0 Å². The van der Waals surface area contributed by atoms with E-state index in [1.807, 2.05) is 37.4 Å². The van der Waals surface area contributed by atoms with Gasteiger partial charge < -0.3 is 20.4 Å². The van der Waals surface area contributed by atoms with Crippen molar-refractivity contribution >= 4 is 41.8 Å². The quantitative estimate of drug-likeness (QED) is 0.376. The maximum absolute atomic E-state index is 11.9. The van der Waals surface area contributed by atoms with Crippen molar-refractivity contribution in [2.24, 2.45) is 4.99 Å². The third-order valence-corrected chi connectivity index (χ3v) is 4.49. The molecular weight excluding hydrogens is 457 g/mol. The van der Waals surface area contributed by atoms with Gasteiger partial charge in [-0.05, 0) is 18.9 Å². The lowest BCUT2D eigenvalue weighted by atomic mass is 10.1. The van der Waals surface area contributed by atoms with Gasteiger partial charge >= 0.3 is 0 Å². The molecule has 8 heteroatoms. The van der Waals surface area contributed by atoms with Crippen LogP contribution >= 0.6 is 24.0 Å². The zero-order valence-corrected chi connectivity index (χ0v) is 18.8. The SMILES string of the molecule is CC(NC(=NCC(=O)N(C)C)NC1CCC(=O)N(C)C1)c1ccccc1.I. The summed E-state index contributed by atoms with van der Waals surface area (Å²) < 4.78 is 0. The second-order valence-corrected chi connectivity index (χ2v) is 6.88. The first-order valence-corrected chi connectivity index (χ1v) is 8.93. The molecule has 2 N–H and O–H groups in total. The number of nitrogens with one attached hydrogen (secondary N) is 2. The van der Waals surface area contributed by atoms with Crippen LogP contribution in [0.5, 0.6) is 0 Å². The molecule has 1 aromatic rings. The summed E-state index contributed by atoms with van der Waals surface area (Å²) in [5.41, 5.74) is 1.14. The first-order chi connectivity index (χ1) is 12.4. The smallest absolute Gasteiger partial charge is 0.243 e. The first kappa shape index (κ1) is 23.2. The largest absolute Gasteiger partial charge is 0.352 e. The van der Waals surface area contributed by atoms with Crippen LogP contribution in [-0.2, 0) is 9.59 Å². The van der Waals surface area contributed by atoms with Crippen molar-refractivity contribution in [1.29, 1.82) is 0 Å². The highest BCUT2D eigenvalue weighted by molar-refractivity contribution is 14.0. The Morgan fingerprint density at radius 3 is 2.59 bits per heavy atom. The fraction of sp³-hybridized carbons (Fsp3) is 0.526. The van der Waals surface area contributed by atoms with Gasteiger partial charge in [-0.25, -0.2) is 4.99 Å². The molecule has 0 bridgehead atoms. The molecule has 1 heterocycles. The number of nitrogens with zero attached hydrogens (tertiary/aromatic N) is 3. The summed E-state index contributed by atoms with van der Waals surface area (Å²) in [4.78, 5) is 31.3. The molecular formula is C19H30IN5O2. The lowest BCUT2D eigenvalue weighted by molar-refractivity contribution is -0.132. The van der Waals surface area contributed by atoms with E-state index in [4.69, 9.17) is 0 Å². The van der Waals surface area contributed by atoms with Gasteiger partial charge in [-0.15, -0.1) is 24.0 Å². The highest BCUT2D eigenvalue weighted by atomic mass is 127. The fourth-order valence-electron chi connectivity index (χ4n) is 2.77. The molecule has 2 amide bonds. The predicted molar refractivity (Wildman–Crippen MR) is 118 cm³/mol. The highest BCUT2D eigenvalue weighted by Gasteiger charge is 2.24. The van der Waals surface area contributed by atoms with Crippen molar-refractivity contribution in [1.82, 2.24) is 20.4 Å². The van der Waals surface area contributed by atoms with Crippen molar-refractivity contribution in [3.05, 3.63) is 35.9 Å². The molecule has 1 aliphatic rings. The number of piperidine rings is 1. The molecule has 1 aliphatic heterocycles. The van der Waals surface area contributed by atoms with Crippen LogP contribution in [0.15, 0.2) is 35.3 Å². The van der Waals surface area contributed by atoms with E-state index in [1.54, 1.807) is 19.0 Å². The van der Waals surface area contributed by atoms with E-state index in [0.717, 1.165) is 12.0 Å². The monoisotopic (exact) mass is 487 g/mol. The number of guanidine groups is 1. The summed E-state index contributed by atoms with van der Waals surface area (Å²) in [6.45, 7) is 2.75. The molecule has 1 saturated heterocycles. The van der Waals surface area contributed by atoms with Crippen molar-refractivity contribution < 1.29 is 9.59 Å². The molecule has 2 atom stereocenters. The summed E-state index contributed by atoms with van der Waals surface area (Å²) in [7, 11) is 5.24. The van der Waals surface area contributed by atoms with Crippen LogP contribution in [0.3, 0.4) is 0 Å². The van der Waals surface area contributed by atoms with Gasteiger partial charge in [-0.2, -0.15) is 0 Å². The van der Waals surface area contributed by atoms with E-state index >= 15 is 0 Å². The molecule has 0 aromatic heterocycles. The third-order valence-electron chi connectivity index (χ3n) is 4.49. The molecule has 7 nitrogen and oxygen atoms in total. The zero-order chi connectivity index (χ0) is 19.1. The van der Waals surface area contributed by atoms with Gasteiger partial charge in [-0.1, -0.05) is 30.3 Å². The van der Waals surface area contributed by atoms with Gasteiger partial charge in [-0.3, -0.25) is 9.59 Å². The summed E-state index contributed by atoms with van der Waals surface area (Å²) in [5.74, 6) is 0.689. The Balaban J connectivity index is 0.00000364. The Bertz CT molecular complexity index is 651. The van der Waals surface area contributed by atoms with E-state index in [2.05, 4.69) is 22.5 Å². The summed E-state index contributed by atoms with van der Waals surface area (Å²) >= 11 is 0. The number of carbonyl (C=O) groups excluding carboxylic acids is 2. The molecule has 0 aliphatic carbocycles. The van der Waals surface area contributed by atoms with Crippen LogP contribution < -0.4 is 10.6 Å². The molecule has 1 aromatic carbocycles. The number of aliphatic imine (C=N–C) groups is 1. The Kier molecular flexibility index (Phi) is 9.54. The van der Waals surface area contributed by atoms with Crippen LogP contribution in [0, 0.1) is 0 Å². The molecule has 0 spiro atoms.